The maximum Gasteiger partial charge on any atom is 0.309 e. The van der Waals surface area contributed by atoms with Gasteiger partial charge in [0.15, 0.2) is 0 Å². The van der Waals surface area contributed by atoms with Crippen LogP contribution < -0.4 is 0 Å². The molecule has 0 aromatic heterocycles. The molecular formula is C99H162O15. The normalized spacial score (nSPS) is 23.3. The number of aliphatic hydroxyl groups excluding tert-OH is 9. The molecule has 0 fully saturated rings. The Hall–Kier alpha value is -5.07. The molecular weight excluding hydrogens is 1430 g/mol. The fourth-order valence-electron chi connectivity index (χ4n) is 17.4. The molecule has 0 heterocycles. The second-order valence-corrected chi connectivity index (χ2v) is 43.2. The fraction of sp³-hybridized carbons (Fsp3) is 0.727. The molecule has 15 heteroatoms. The Morgan fingerprint density at radius 1 is 0.237 bits per heavy atom. The summed E-state index contributed by atoms with van der Waals surface area (Å²) in [6.45, 7) is 49.4. The highest BCUT2D eigenvalue weighted by molar-refractivity contribution is 5.74. The summed E-state index contributed by atoms with van der Waals surface area (Å²) >= 11 is 0. The molecule has 0 aromatic rings. The molecule has 0 spiro atoms. The van der Waals surface area contributed by atoms with Crippen LogP contribution in [0.25, 0.3) is 0 Å². The van der Waals surface area contributed by atoms with E-state index in [1.165, 1.54) is 0 Å². The predicted octanol–water partition coefficient (Wildman–Crippen LogP) is 21.4. The van der Waals surface area contributed by atoms with Gasteiger partial charge in [-0.3, -0.25) is 14.4 Å². The van der Waals surface area contributed by atoms with Gasteiger partial charge in [-0.15, -0.1) is 0 Å². The van der Waals surface area contributed by atoms with E-state index in [1.807, 2.05) is 0 Å². The van der Waals surface area contributed by atoms with Gasteiger partial charge in [-0.05, 0) is 298 Å². The van der Waals surface area contributed by atoms with Crippen LogP contribution in [0.3, 0.4) is 0 Å². The number of aliphatic carboxylic acids is 3. The van der Waals surface area contributed by atoms with Crippen LogP contribution in [0.4, 0.5) is 0 Å². The zero-order valence-corrected chi connectivity index (χ0v) is 75.7. The minimum atomic E-state index is -0.800. The van der Waals surface area contributed by atoms with Crippen molar-refractivity contribution in [2.45, 2.75) is 376 Å². The number of aliphatic hydroxyl groups is 9. The molecule has 0 saturated carbocycles. The van der Waals surface area contributed by atoms with Crippen molar-refractivity contribution in [2.24, 2.45) is 65.0 Å². The molecule has 0 radical (unpaired) electrons. The van der Waals surface area contributed by atoms with E-state index in [4.69, 9.17) is 0 Å². The largest absolute Gasteiger partial charge is 0.481 e. The Labute approximate surface area is 690 Å². The van der Waals surface area contributed by atoms with E-state index in [9.17, 15) is 75.7 Å². The Morgan fingerprint density at radius 2 is 0.351 bits per heavy atom. The number of rotatable bonds is 42. The number of carboxylic acid groups (broad SMARTS) is 3. The third-order valence-electron chi connectivity index (χ3n) is 24.5. The fourth-order valence-corrected chi connectivity index (χ4v) is 17.4. The molecule has 114 heavy (non-hydrogen) atoms. The molecule has 12 N–H and O–H groups in total. The maximum atomic E-state index is 11.5. The van der Waals surface area contributed by atoms with Crippen LogP contribution in [0, 0.1) is 65.0 Å². The highest BCUT2D eigenvalue weighted by Crippen LogP contribution is 2.45. The second-order valence-electron chi connectivity index (χ2n) is 43.2. The maximum absolute atomic E-state index is 11.5. The molecule has 0 amide bonds. The number of carboxylic acids is 3. The van der Waals surface area contributed by atoms with Gasteiger partial charge in [0.2, 0.25) is 0 Å². The van der Waals surface area contributed by atoms with E-state index in [2.05, 4.69) is 198 Å². The molecule has 6 atom stereocenters. The van der Waals surface area contributed by atoms with Crippen LogP contribution in [0.1, 0.15) is 340 Å². The first kappa shape index (κ1) is 101. The zero-order chi connectivity index (χ0) is 86.8. The van der Waals surface area contributed by atoms with Crippen LogP contribution >= 0.6 is 0 Å². The van der Waals surface area contributed by atoms with E-state index in [1.54, 1.807) is 41.5 Å². The lowest BCUT2D eigenvalue weighted by Crippen LogP contribution is -2.26. The summed E-state index contributed by atoms with van der Waals surface area (Å²) < 4.78 is 0. The van der Waals surface area contributed by atoms with Crippen molar-refractivity contribution < 1.29 is 75.7 Å². The van der Waals surface area contributed by atoms with Crippen molar-refractivity contribution in [3.8, 4) is 0 Å². The molecule has 6 unspecified atom stereocenters. The number of hydrogen-bond donors (Lipinski definition) is 12. The van der Waals surface area contributed by atoms with Crippen molar-refractivity contribution in [1.29, 1.82) is 0 Å². The number of carbonyl (C=O) groups is 3. The summed E-state index contributed by atoms with van der Waals surface area (Å²) in [6, 6.07) is 0. The van der Waals surface area contributed by atoms with Gasteiger partial charge in [0.05, 0.1) is 52.9 Å². The van der Waals surface area contributed by atoms with Crippen LogP contribution in [-0.2, 0) is 14.4 Å². The molecule has 0 aromatic carbocycles. The van der Waals surface area contributed by atoms with Gasteiger partial charge in [-0.25, -0.2) is 0 Å². The van der Waals surface area contributed by atoms with Gasteiger partial charge in [0.1, 0.15) is 0 Å². The smallest absolute Gasteiger partial charge is 0.309 e. The minimum Gasteiger partial charge on any atom is -0.481 e. The van der Waals surface area contributed by atoms with E-state index in [0.717, 1.165) is 189 Å². The quantitative estimate of drug-likeness (QED) is 0.0253. The van der Waals surface area contributed by atoms with Crippen molar-refractivity contribution in [3.05, 3.63) is 140 Å². The van der Waals surface area contributed by atoms with Crippen LogP contribution in [-0.4, -0.2) is 136 Å². The van der Waals surface area contributed by atoms with Gasteiger partial charge in [-0.2, -0.15) is 0 Å². The van der Waals surface area contributed by atoms with E-state index < -0.39 is 70.8 Å². The van der Waals surface area contributed by atoms with Crippen molar-refractivity contribution in [2.75, 3.05) is 19.8 Å². The third kappa shape index (κ3) is 33.3. The lowest BCUT2D eigenvalue weighted by molar-refractivity contribution is -0.148. The van der Waals surface area contributed by atoms with Gasteiger partial charge in [-0.1, -0.05) is 198 Å². The first-order valence-electron chi connectivity index (χ1n) is 43.3. The number of hydrogen-bond acceptors (Lipinski definition) is 12. The Bertz CT molecular complexity index is 3460. The predicted molar refractivity (Wildman–Crippen MR) is 467 cm³/mol. The summed E-state index contributed by atoms with van der Waals surface area (Å²) in [5.41, 5.74) is 9.06. The molecule has 648 valence electrons. The monoisotopic (exact) mass is 1590 g/mol. The van der Waals surface area contributed by atoms with Crippen molar-refractivity contribution >= 4 is 17.9 Å². The summed E-state index contributed by atoms with van der Waals surface area (Å²) in [4.78, 5) is 34.4. The molecule has 0 saturated heterocycles. The highest BCUT2D eigenvalue weighted by Gasteiger charge is 2.37. The van der Waals surface area contributed by atoms with Crippen LogP contribution in [0.5, 0.6) is 0 Å². The summed E-state index contributed by atoms with van der Waals surface area (Å²) in [5, 5.41) is 124. The third-order valence-corrected chi connectivity index (χ3v) is 24.5. The van der Waals surface area contributed by atoms with Gasteiger partial charge in [0.25, 0.3) is 0 Å². The lowest BCUT2D eigenvalue weighted by atomic mass is 9.75. The standard InChI is InChI=1S/C33H52O6.C33H54O5.C33H56O4/c1-30(2)18-22(26(34)24(20-30)14-10-16-32(5,6)28(36)37)12-9-13-23-19-31(3,4)21-25(27(23)35)15-11-17-33(7,8)29(38)39;1-30(2,22-34)16-10-14-25-20-31(3,4)18-23(27(25)35)12-9-13-24-19-32(5,6)21-26(28(24)36)15-11-17-33(7,8)29(37)38;1-30(2,22-34)16-10-14-26-20-32(5,6)18-24(28(26)36)12-9-13-25-19-33(7,8)21-27(29(25)37)15-11-17-31(3,4)23-35/h18-21,26-27,34-35H,9-17H2,1-8H3,(H,36,37)(H,38,39);18-21,27-28,34-36H,9-17,22H2,1-8H3,(H,37,38);18-21,28-29,34-37H,9-17,22-23H2,1-8H3. The topological polar surface area (TPSA) is 294 Å². The van der Waals surface area contributed by atoms with Crippen LogP contribution in [0.15, 0.2) is 140 Å². The molecule has 6 rings (SSSR count). The first-order valence-corrected chi connectivity index (χ1v) is 43.3. The Kier molecular flexibility index (Phi) is 37.1. The summed E-state index contributed by atoms with van der Waals surface area (Å²) in [6.07, 6.45) is 43.8. The summed E-state index contributed by atoms with van der Waals surface area (Å²) in [7, 11) is 0. The molecule has 0 aliphatic heterocycles. The Morgan fingerprint density at radius 3 is 0.465 bits per heavy atom. The van der Waals surface area contributed by atoms with Gasteiger partial charge in [0, 0.05) is 52.3 Å². The Balaban J connectivity index is 0.000000360. The van der Waals surface area contributed by atoms with E-state index in [-0.39, 0.29) is 68.6 Å². The SMILES string of the molecule is CC1(C)C=C(CCCC2=CC(C)(C)C=C(CCCC(C)(C)C(=O)O)C2O)C(O)C(CCCC(C)(C)C(=O)O)=C1.CC1(C)C=C(CCCC2=CC(C)(C)C=C(CCCC(C)(C)C(=O)O)C2O)C(O)C(CCCC(C)(C)CO)=C1.CC1(C)C=C(CCCC2=CC(C)(C)C=C(CCCC(C)(C)CO)C2O)C(O)C(CCCC(C)(C)CO)=C1. The average Bonchev–Trinajstić information content (AvgIpc) is 0.822. The molecule has 0 bridgehead atoms. The van der Waals surface area contributed by atoms with E-state index in [0.29, 0.717) is 51.4 Å². The highest BCUT2D eigenvalue weighted by atomic mass is 16.4. The van der Waals surface area contributed by atoms with Crippen molar-refractivity contribution in [3.63, 3.8) is 0 Å². The number of allylic oxidation sites excluding steroid dienone is 12. The molecule has 15 nitrogen and oxygen atoms in total. The molecule has 6 aliphatic carbocycles. The molecule has 6 aliphatic rings. The van der Waals surface area contributed by atoms with Crippen molar-refractivity contribution in [1.82, 2.24) is 0 Å². The van der Waals surface area contributed by atoms with Gasteiger partial charge < -0.3 is 61.3 Å². The second kappa shape index (κ2) is 41.7. The summed E-state index contributed by atoms with van der Waals surface area (Å²) in [5.74, 6) is -2.39. The lowest BCUT2D eigenvalue weighted by Gasteiger charge is -2.33. The van der Waals surface area contributed by atoms with E-state index >= 15 is 0 Å². The van der Waals surface area contributed by atoms with Crippen LogP contribution in [0.2, 0.25) is 0 Å². The van der Waals surface area contributed by atoms with Gasteiger partial charge >= 0.3 is 17.9 Å². The zero-order valence-electron chi connectivity index (χ0n) is 75.7. The first-order chi connectivity index (χ1) is 52.1. The average molecular weight is 1590 g/mol. The minimum absolute atomic E-state index is 0.0831.